The van der Waals surface area contributed by atoms with Crippen molar-refractivity contribution < 1.29 is 4.79 Å². The van der Waals surface area contributed by atoms with Gasteiger partial charge in [0.25, 0.3) is 0 Å². The number of amides is 1. The maximum atomic E-state index is 12.1. The van der Waals surface area contributed by atoms with Crippen LogP contribution in [0.15, 0.2) is 4.79 Å². The highest BCUT2D eigenvalue weighted by Crippen LogP contribution is 2.17. The second-order valence-electron chi connectivity index (χ2n) is 5.51. The number of carbonyl (C=O) groups is 1. The van der Waals surface area contributed by atoms with Crippen molar-refractivity contribution in [3.8, 4) is 0 Å². The minimum Gasteiger partial charge on any atom is -0.352 e. The monoisotopic (exact) mass is 264 g/mol. The van der Waals surface area contributed by atoms with Crippen molar-refractivity contribution in [2.75, 3.05) is 0 Å². The molecule has 1 amide bonds. The molecule has 2 aliphatic rings. The molecular formula is C13H20N4O2. The average Bonchev–Trinajstić information content (AvgIpc) is 3.00. The molecule has 0 radical (unpaired) electrons. The standard InChI is InChI=1S/C13H20N4O2/c18-12(14-10-5-1-2-6-10)9-17-13(19)16-8-4-3-7-11(16)15-17/h10H,1-9H2,(H,14,18). The van der Waals surface area contributed by atoms with E-state index in [4.69, 9.17) is 0 Å². The number of aryl methyl sites for hydroxylation is 1. The highest BCUT2D eigenvalue weighted by Gasteiger charge is 2.20. The first-order valence-corrected chi connectivity index (χ1v) is 7.20. The van der Waals surface area contributed by atoms with Gasteiger partial charge in [0.2, 0.25) is 5.91 Å². The van der Waals surface area contributed by atoms with E-state index >= 15 is 0 Å². The molecule has 6 nitrogen and oxygen atoms in total. The Morgan fingerprint density at radius 1 is 1.26 bits per heavy atom. The number of hydrogen-bond donors (Lipinski definition) is 1. The van der Waals surface area contributed by atoms with E-state index in [9.17, 15) is 9.59 Å². The van der Waals surface area contributed by atoms with Crippen LogP contribution in [0.2, 0.25) is 0 Å². The van der Waals surface area contributed by atoms with E-state index in [1.807, 2.05) is 0 Å². The fourth-order valence-electron chi connectivity index (χ4n) is 3.03. The van der Waals surface area contributed by atoms with Gasteiger partial charge in [-0.25, -0.2) is 9.48 Å². The van der Waals surface area contributed by atoms with Gasteiger partial charge in [0, 0.05) is 19.0 Å². The summed E-state index contributed by atoms with van der Waals surface area (Å²) >= 11 is 0. The SMILES string of the molecule is O=C(Cn1nc2n(c1=O)CCCC2)NC1CCCC1. The van der Waals surface area contributed by atoms with Crippen LogP contribution in [0.1, 0.15) is 44.3 Å². The summed E-state index contributed by atoms with van der Waals surface area (Å²) in [6.07, 6.45) is 7.41. The Labute approximate surface area is 111 Å². The largest absolute Gasteiger partial charge is 0.352 e. The van der Waals surface area contributed by atoms with Gasteiger partial charge < -0.3 is 5.32 Å². The first kappa shape index (κ1) is 12.4. The highest BCUT2D eigenvalue weighted by molar-refractivity contribution is 5.75. The summed E-state index contributed by atoms with van der Waals surface area (Å²) in [4.78, 5) is 24.0. The highest BCUT2D eigenvalue weighted by atomic mass is 16.2. The Bertz CT molecular complexity index is 525. The van der Waals surface area contributed by atoms with E-state index in [0.717, 1.165) is 44.5 Å². The summed E-state index contributed by atoms with van der Waals surface area (Å²) < 4.78 is 3.01. The molecule has 1 aliphatic carbocycles. The quantitative estimate of drug-likeness (QED) is 0.861. The third-order valence-electron chi connectivity index (χ3n) is 4.05. The van der Waals surface area contributed by atoms with Gasteiger partial charge in [-0.05, 0) is 25.7 Å². The Balaban J connectivity index is 1.67. The van der Waals surface area contributed by atoms with Crippen LogP contribution >= 0.6 is 0 Å². The van der Waals surface area contributed by atoms with Crippen molar-refractivity contribution in [2.45, 2.75) is 64.1 Å². The maximum absolute atomic E-state index is 12.1. The van der Waals surface area contributed by atoms with E-state index in [1.54, 1.807) is 4.57 Å². The molecule has 1 N–H and O–H groups in total. The Morgan fingerprint density at radius 3 is 2.79 bits per heavy atom. The number of hydrogen-bond acceptors (Lipinski definition) is 3. The number of nitrogens with one attached hydrogen (secondary N) is 1. The molecule has 1 saturated carbocycles. The number of aromatic nitrogens is 3. The first-order valence-electron chi connectivity index (χ1n) is 7.20. The molecule has 6 heteroatoms. The summed E-state index contributed by atoms with van der Waals surface area (Å²) in [7, 11) is 0. The van der Waals surface area contributed by atoms with Crippen molar-refractivity contribution in [1.82, 2.24) is 19.7 Å². The Morgan fingerprint density at radius 2 is 2.05 bits per heavy atom. The number of fused-ring (bicyclic) bond motifs is 1. The molecule has 19 heavy (non-hydrogen) atoms. The van der Waals surface area contributed by atoms with Gasteiger partial charge in [-0.1, -0.05) is 12.8 Å². The summed E-state index contributed by atoms with van der Waals surface area (Å²) in [5.41, 5.74) is -0.142. The van der Waals surface area contributed by atoms with E-state index < -0.39 is 0 Å². The Kier molecular flexibility index (Phi) is 3.40. The van der Waals surface area contributed by atoms with Gasteiger partial charge >= 0.3 is 5.69 Å². The van der Waals surface area contributed by atoms with Gasteiger partial charge in [-0.15, -0.1) is 0 Å². The third-order valence-corrected chi connectivity index (χ3v) is 4.05. The zero-order valence-corrected chi connectivity index (χ0v) is 11.1. The first-order chi connectivity index (χ1) is 9.24. The van der Waals surface area contributed by atoms with Crippen LogP contribution in [-0.4, -0.2) is 26.3 Å². The number of carbonyl (C=O) groups excluding carboxylic acids is 1. The molecule has 3 rings (SSSR count). The molecule has 0 bridgehead atoms. The van der Waals surface area contributed by atoms with Crippen LogP contribution < -0.4 is 11.0 Å². The smallest absolute Gasteiger partial charge is 0.346 e. The molecule has 0 saturated heterocycles. The number of rotatable bonds is 3. The van der Waals surface area contributed by atoms with Crippen molar-refractivity contribution in [3.05, 3.63) is 16.3 Å². The average molecular weight is 264 g/mol. The lowest BCUT2D eigenvalue weighted by molar-refractivity contribution is -0.122. The van der Waals surface area contributed by atoms with Crippen LogP contribution in [0.5, 0.6) is 0 Å². The molecule has 1 aromatic heterocycles. The van der Waals surface area contributed by atoms with E-state index in [0.29, 0.717) is 6.04 Å². The molecule has 1 aromatic rings. The second-order valence-corrected chi connectivity index (χ2v) is 5.51. The molecule has 2 heterocycles. The second kappa shape index (κ2) is 5.19. The van der Waals surface area contributed by atoms with Crippen LogP contribution in [0.3, 0.4) is 0 Å². The molecular weight excluding hydrogens is 244 g/mol. The van der Waals surface area contributed by atoms with Gasteiger partial charge in [0.05, 0.1) is 0 Å². The lowest BCUT2D eigenvalue weighted by Crippen LogP contribution is -2.38. The van der Waals surface area contributed by atoms with Gasteiger partial charge in [-0.2, -0.15) is 5.10 Å². The summed E-state index contributed by atoms with van der Waals surface area (Å²) in [6, 6.07) is 0.292. The van der Waals surface area contributed by atoms with Crippen molar-refractivity contribution >= 4 is 5.91 Å². The summed E-state index contributed by atoms with van der Waals surface area (Å²) in [5, 5.41) is 7.26. The third kappa shape index (κ3) is 2.57. The lowest BCUT2D eigenvalue weighted by atomic mass is 10.2. The van der Waals surface area contributed by atoms with Crippen LogP contribution in [-0.2, 0) is 24.3 Å². The van der Waals surface area contributed by atoms with Crippen LogP contribution in [0.4, 0.5) is 0 Å². The predicted octanol–water partition coefficient (Wildman–Crippen LogP) is 0.440. The summed E-state index contributed by atoms with van der Waals surface area (Å²) in [5.74, 6) is 0.731. The zero-order valence-electron chi connectivity index (χ0n) is 11.1. The molecule has 0 atom stereocenters. The van der Waals surface area contributed by atoms with Crippen molar-refractivity contribution in [2.24, 2.45) is 0 Å². The molecule has 1 aliphatic heterocycles. The van der Waals surface area contributed by atoms with Crippen molar-refractivity contribution in [1.29, 1.82) is 0 Å². The Hall–Kier alpha value is -1.59. The fraction of sp³-hybridized carbons (Fsp3) is 0.769. The zero-order chi connectivity index (χ0) is 13.2. The molecule has 1 fully saturated rings. The predicted molar refractivity (Wildman–Crippen MR) is 69.8 cm³/mol. The maximum Gasteiger partial charge on any atom is 0.346 e. The van der Waals surface area contributed by atoms with E-state index in [2.05, 4.69) is 10.4 Å². The normalized spacial score (nSPS) is 19.4. The van der Waals surface area contributed by atoms with Crippen LogP contribution in [0, 0.1) is 0 Å². The van der Waals surface area contributed by atoms with Crippen LogP contribution in [0.25, 0.3) is 0 Å². The van der Waals surface area contributed by atoms with Gasteiger partial charge in [0.15, 0.2) is 0 Å². The number of nitrogens with zero attached hydrogens (tertiary/aromatic N) is 3. The van der Waals surface area contributed by atoms with Gasteiger partial charge in [-0.3, -0.25) is 9.36 Å². The molecule has 0 unspecified atom stereocenters. The lowest BCUT2D eigenvalue weighted by Gasteiger charge is -2.11. The summed E-state index contributed by atoms with van der Waals surface area (Å²) in [6.45, 7) is 0.785. The topological polar surface area (TPSA) is 68.9 Å². The molecule has 104 valence electrons. The molecule has 0 spiro atoms. The van der Waals surface area contributed by atoms with Gasteiger partial charge in [0.1, 0.15) is 12.4 Å². The fourth-order valence-corrected chi connectivity index (χ4v) is 3.03. The van der Waals surface area contributed by atoms with E-state index in [-0.39, 0.29) is 18.1 Å². The van der Waals surface area contributed by atoms with Crippen molar-refractivity contribution in [3.63, 3.8) is 0 Å². The minimum absolute atomic E-state index is 0.0509. The van der Waals surface area contributed by atoms with E-state index in [1.165, 1.54) is 17.5 Å². The minimum atomic E-state index is -0.142. The molecule has 0 aromatic carbocycles.